The molecule has 5 nitrogen and oxygen atoms in total. The van der Waals surface area contributed by atoms with Gasteiger partial charge in [0.2, 0.25) is 5.91 Å². The average molecular weight is 264 g/mol. The third-order valence-electron chi connectivity index (χ3n) is 2.69. The summed E-state index contributed by atoms with van der Waals surface area (Å²) in [5, 5.41) is 11.6. The summed E-state index contributed by atoms with van der Waals surface area (Å²) in [6.45, 7) is 4.43. The number of carboxylic acid groups (broad SMARTS) is 1. The molecule has 0 atom stereocenters. The van der Waals surface area contributed by atoms with Crippen molar-refractivity contribution < 1.29 is 14.7 Å². The van der Waals surface area contributed by atoms with Gasteiger partial charge in [-0.25, -0.2) is 0 Å². The van der Waals surface area contributed by atoms with Gasteiger partial charge in [0.25, 0.3) is 0 Å². The summed E-state index contributed by atoms with van der Waals surface area (Å²) in [6.07, 6.45) is 0.810. The quantitative estimate of drug-likeness (QED) is 0.787. The monoisotopic (exact) mass is 264 g/mol. The maximum absolute atomic E-state index is 11.9. The van der Waals surface area contributed by atoms with E-state index in [1.165, 1.54) is 0 Å². The van der Waals surface area contributed by atoms with E-state index in [1.54, 1.807) is 4.90 Å². The molecule has 0 aliphatic rings. The molecule has 2 N–H and O–H groups in total. The molecule has 0 saturated carbocycles. The molecule has 5 heteroatoms. The Kier molecular flexibility index (Phi) is 6.02. The molecule has 0 heterocycles. The molecule has 1 aromatic rings. The van der Waals surface area contributed by atoms with E-state index < -0.39 is 5.97 Å². The molecule has 1 rings (SSSR count). The van der Waals surface area contributed by atoms with Crippen LogP contribution >= 0.6 is 0 Å². The number of carboxylic acids is 1. The number of aliphatic carboxylic acids is 1. The number of hydrogen-bond acceptors (Lipinski definition) is 3. The number of carbonyl (C=O) groups is 2. The first kappa shape index (κ1) is 15.2. The van der Waals surface area contributed by atoms with E-state index in [9.17, 15) is 9.59 Å². The van der Waals surface area contributed by atoms with Crippen LogP contribution in [0.2, 0.25) is 0 Å². The zero-order chi connectivity index (χ0) is 14.3. The maximum atomic E-state index is 11.9. The molecule has 0 fully saturated rings. The second kappa shape index (κ2) is 7.53. The van der Waals surface area contributed by atoms with Crippen molar-refractivity contribution in [3.05, 3.63) is 29.8 Å². The number of nitrogens with zero attached hydrogens (tertiary/aromatic N) is 1. The predicted octanol–water partition coefficient (Wildman–Crippen LogP) is 1.73. The second-order valence-corrected chi connectivity index (χ2v) is 4.47. The summed E-state index contributed by atoms with van der Waals surface area (Å²) in [6, 6.07) is 7.49. The molecule has 0 saturated heterocycles. The zero-order valence-corrected chi connectivity index (χ0v) is 11.3. The molecule has 0 aliphatic heterocycles. The van der Waals surface area contributed by atoms with Crippen LogP contribution in [0.5, 0.6) is 0 Å². The van der Waals surface area contributed by atoms with Crippen molar-refractivity contribution in [3.63, 3.8) is 0 Å². The van der Waals surface area contributed by atoms with E-state index in [-0.39, 0.29) is 19.0 Å². The van der Waals surface area contributed by atoms with Crippen LogP contribution in [0.15, 0.2) is 24.3 Å². The maximum Gasteiger partial charge on any atom is 0.317 e. The summed E-state index contributed by atoms with van der Waals surface area (Å²) in [7, 11) is 0. The molecule has 1 amide bonds. The van der Waals surface area contributed by atoms with Gasteiger partial charge >= 0.3 is 5.97 Å². The third-order valence-corrected chi connectivity index (χ3v) is 2.69. The van der Waals surface area contributed by atoms with E-state index in [0.29, 0.717) is 6.54 Å². The molecule has 0 unspecified atom stereocenters. The SMILES string of the molecule is CCCN(CC(=O)O)CC(=O)Nc1ccccc1C. The summed E-state index contributed by atoms with van der Waals surface area (Å²) >= 11 is 0. The minimum atomic E-state index is -0.919. The Bertz CT molecular complexity index is 446. The number of amides is 1. The first-order valence-corrected chi connectivity index (χ1v) is 6.32. The minimum Gasteiger partial charge on any atom is -0.480 e. The lowest BCUT2D eigenvalue weighted by Gasteiger charge is -2.19. The normalized spacial score (nSPS) is 10.5. The van der Waals surface area contributed by atoms with Crippen LogP contribution in [-0.4, -0.2) is 41.5 Å². The highest BCUT2D eigenvalue weighted by molar-refractivity contribution is 5.93. The third kappa shape index (κ3) is 5.52. The molecular formula is C14H20N2O3. The zero-order valence-electron chi connectivity index (χ0n) is 11.3. The van der Waals surface area contributed by atoms with Crippen molar-refractivity contribution in [1.82, 2.24) is 4.90 Å². The summed E-state index contributed by atoms with van der Waals surface area (Å²) in [5.74, 6) is -1.11. The average Bonchev–Trinajstić information content (AvgIpc) is 2.31. The number of carbonyl (C=O) groups excluding carboxylic acids is 1. The van der Waals surface area contributed by atoms with E-state index in [2.05, 4.69) is 5.32 Å². The van der Waals surface area contributed by atoms with Crippen LogP contribution in [0.25, 0.3) is 0 Å². The highest BCUT2D eigenvalue weighted by atomic mass is 16.4. The van der Waals surface area contributed by atoms with Crippen LogP contribution in [0.3, 0.4) is 0 Å². The lowest BCUT2D eigenvalue weighted by atomic mass is 10.2. The summed E-state index contributed by atoms with van der Waals surface area (Å²) < 4.78 is 0. The molecule has 1 aromatic carbocycles. The van der Waals surface area contributed by atoms with Gasteiger partial charge in [-0.3, -0.25) is 14.5 Å². The first-order valence-electron chi connectivity index (χ1n) is 6.32. The van der Waals surface area contributed by atoms with Gasteiger partial charge in [-0.2, -0.15) is 0 Å². The van der Waals surface area contributed by atoms with E-state index in [0.717, 1.165) is 17.7 Å². The number of benzene rings is 1. The largest absolute Gasteiger partial charge is 0.480 e. The molecule has 104 valence electrons. The number of aryl methyl sites for hydroxylation is 1. The molecule has 19 heavy (non-hydrogen) atoms. The van der Waals surface area contributed by atoms with Crippen LogP contribution in [0.1, 0.15) is 18.9 Å². The highest BCUT2D eigenvalue weighted by Crippen LogP contribution is 2.12. The van der Waals surface area contributed by atoms with E-state index >= 15 is 0 Å². The highest BCUT2D eigenvalue weighted by Gasteiger charge is 2.13. The number of hydrogen-bond donors (Lipinski definition) is 2. The van der Waals surface area contributed by atoms with Crippen molar-refractivity contribution in [2.24, 2.45) is 0 Å². The van der Waals surface area contributed by atoms with Gasteiger partial charge in [-0.1, -0.05) is 25.1 Å². The molecular weight excluding hydrogens is 244 g/mol. The van der Waals surface area contributed by atoms with Gasteiger partial charge in [-0.15, -0.1) is 0 Å². The van der Waals surface area contributed by atoms with Crippen LogP contribution in [0, 0.1) is 6.92 Å². The molecule has 0 spiro atoms. The van der Waals surface area contributed by atoms with Crippen LogP contribution in [-0.2, 0) is 9.59 Å². The predicted molar refractivity (Wildman–Crippen MR) is 74.2 cm³/mol. The fraction of sp³-hybridized carbons (Fsp3) is 0.429. The van der Waals surface area contributed by atoms with Gasteiger partial charge in [-0.05, 0) is 31.5 Å². The smallest absolute Gasteiger partial charge is 0.317 e. The van der Waals surface area contributed by atoms with Gasteiger partial charge in [0.1, 0.15) is 0 Å². The van der Waals surface area contributed by atoms with E-state index in [4.69, 9.17) is 5.11 Å². The van der Waals surface area contributed by atoms with Crippen LogP contribution < -0.4 is 5.32 Å². The lowest BCUT2D eigenvalue weighted by molar-refractivity contribution is -0.138. The lowest BCUT2D eigenvalue weighted by Crippen LogP contribution is -2.37. The number of anilines is 1. The topological polar surface area (TPSA) is 69.6 Å². The van der Waals surface area contributed by atoms with Gasteiger partial charge in [0, 0.05) is 5.69 Å². The van der Waals surface area contributed by atoms with Crippen molar-refractivity contribution in [2.45, 2.75) is 20.3 Å². The summed E-state index contributed by atoms with van der Waals surface area (Å²) in [5.41, 5.74) is 1.75. The Morgan fingerprint density at radius 2 is 1.95 bits per heavy atom. The fourth-order valence-electron chi connectivity index (χ4n) is 1.83. The number of rotatable bonds is 7. The molecule has 0 radical (unpaired) electrons. The van der Waals surface area contributed by atoms with Crippen molar-refractivity contribution in [3.8, 4) is 0 Å². The molecule has 0 aliphatic carbocycles. The second-order valence-electron chi connectivity index (χ2n) is 4.47. The van der Waals surface area contributed by atoms with Crippen molar-refractivity contribution in [1.29, 1.82) is 0 Å². The fourth-order valence-corrected chi connectivity index (χ4v) is 1.83. The minimum absolute atomic E-state index is 0.0917. The van der Waals surface area contributed by atoms with Crippen LogP contribution in [0.4, 0.5) is 5.69 Å². The van der Waals surface area contributed by atoms with Gasteiger partial charge in [0.05, 0.1) is 13.1 Å². The van der Waals surface area contributed by atoms with Gasteiger partial charge < -0.3 is 10.4 Å². The molecule has 0 aromatic heterocycles. The Balaban J connectivity index is 2.57. The van der Waals surface area contributed by atoms with Crippen molar-refractivity contribution in [2.75, 3.05) is 25.0 Å². The standard InChI is InChI=1S/C14H20N2O3/c1-3-8-16(10-14(18)19)9-13(17)15-12-7-5-4-6-11(12)2/h4-7H,3,8-10H2,1-2H3,(H,15,17)(H,18,19). The molecule has 0 bridgehead atoms. The number of para-hydroxylation sites is 1. The van der Waals surface area contributed by atoms with Crippen molar-refractivity contribution >= 4 is 17.6 Å². The Morgan fingerprint density at radius 1 is 1.26 bits per heavy atom. The van der Waals surface area contributed by atoms with E-state index in [1.807, 2.05) is 38.1 Å². The van der Waals surface area contributed by atoms with Gasteiger partial charge in [0.15, 0.2) is 0 Å². The first-order chi connectivity index (χ1) is 9.02. The Morgan fingerprint density at radius 3 is 2.53 bits per heavy atom. The summed E-state index contributed by atoms with van der Waals surface area (Å²) in [4.78, 5) is 24.2. The Labute approximate surface area is 113 Å². The number of nitrogens with one attached hydrogen (secondary N) is 1. The Hall–Kier alpha value is -1.88.